The summed E-state index contributed by atoms with van der Waals surface area (Å²) in [4.78, 5) is 1.68. The van der Waals surface area contributed by atoms with Crippen LogP contribution in [0.2, 0.25) is 5.02 Å². The fraction of sp³-hybridized carbons (Fsp3) is 0.294. The van der Waals surface area contributed by atoms with E-state index in [2.05, 4.69) is 0 Å². The molecular formula is C17H17ClF2N2O3S. The third-order valence-electron chi connectivity index (χ3n) is 4.23. The van der Waals surface area contributed by atoms with Gasteiger partial charge in [-0.15, -0.1) is 0 Å². The van der Waals surface area contributed by atoms with Gasteiger partial charge in [-0.25, -0.2) is 17.2 Å². The summed E-state index contributed by atoms with van der Waals surface area (Å²) in [5.41, 5.74) is 0.254. The zero-order valence-corrected chi connectivity index (χ0v) is 15.5. The van der Waals surface area contributed by atoms with Crippen molar-refractivity contribution < 1.29 is 21.9 Å². The van der Waals surface area contributed by atoms with Gasteiger partial charge in [-0.1, -0.05) is 11.6 Å². The van der Waals surface area contributed by atoms with Crippen molar-refractivity contribution >= 4 is 27.3 Å². The fourth-order valence-electron chi connectivity index (χ4n) is 2.90. The van der Waals surface area contributed by atoms with Crippen molar-refractivity contribution in [3.63, 3.8) is 0 Å². The van der Waals surface area contributed by atoms with E-state index in [4.69, 9.17) is 16.3 Å². The summed E-state index contributed by atoms with van der Waals surface area (Å²) in [6.45, 7) is 0.888. The minimum Gasteiger partial charge on any atom is -0.495 e. The molecule has 9 heteroatoms. The molecule has 2 aromatic rings. The predicted octanol–water partition coefficient (Wildman–Crippen LogP) is 3.14. The number of sulfonamides is 1. The summed E-state index contributed by atoms with van der Waals surface area (Å²) in [5.74, 6) is -1.11. The zero-order valence-electron chi connectivity index (χ0n) is 14.0. The highest BCUT2D eigenvalue weighted by molar-refractivity contribution is 7.89. The number of nitrogens with zero attached hydrogens (tertiary/aromatic N) is 2. The summed E-state index contributed by atoms with van der Waals surface area (Å²) in [7, 11) is -2.42. The molecule has 26 heavy (non-hydrogen) atoms. The van der Waals surface area contributed by atoms with Crippen molar-refractivity contribution in [2.24, 2.45) is 0 Å². The van der Waals surface area contributed by atoms with Gasteiger partial charge in [-0.05, 0) is 30.3 Å². The average Bonchev–Trinajstić information content (AvgIpc) is 2.62. The molecule has 0 unspecified atom stereocenters. The second-order valence-corrected chi connectivity index (χ2v) is 8.12. The van der Waals surface area contributed by atoms with Gasteiger partial charge in [0.25, 0.3) is 0 Å². The molecule has 0 atom stereocenters. The largest absolute Gasteiger partial charge is 0.495 e. The normalized spacial score (nSPS) is 15.9. The number of ether oxygens (including phenoxy) is 1. The lowest BCUT2D eigenvalue weighted by Crippen LogP contribution is -2.49. The smallest absolute Gasteiger partial charge is 0.246 e. The number of hydrogen-bond donors (Lipinski definition) is 0. The van der Waals surface area contributed by atoms with Crippen LogP contribution in [0.15, 0.2) is 41.3 Å². The number of piperazine rings is 1. The van der Waals surface area contributed by atoms with E-state index >= 15 is 0 Å². The first-order valence-electron chi connectivity index (χ1n) is 7.86. The Balaban J connectivity index is 1.80. The minimum absolute atomic E-state index is 0.00564. The molecule has 0 aromatic heterocycles. The SMILES string of the molecule is COc1ccc(Cl)cc1S(=O)(=O)N1CCN(c2ccc(F)cc2F)CC1. The molecule has 0 bridgehead atoms. The lowest BCUT2D eigenvalue weighted by molar-refractivity contribution is 0.373. The predicted molar refractivity (Wildman–Crippen MR) is 95.3 cm³/mol. The Kier molecular flexibility index (Phi) is 5.36. The topological polar surface area (TPSA) is 49.9 Å². The van der Waals surface area contributed by atoms with Gasteiger partial charge in [0.2, 0.25) is 10.0 Å². The molecule has 140 valence electrons. The number of hydrogen-bond acceptors (Lipinski definition) is 4. The summed E-state index contributed by atoms with van der Waals surface area (Å²) in [6.07, 6.45) is 0. The maximum atomic E-state index is 13.9. The molecule has 0 N–H and O–H groups in total. The standard InChI is InChI=1S/C17H17ClF2N2O3S/c1-25-16-5-2-12(18)10-17(16)26(23,24)22-8-6-21(7-9-22)15-4-3-13(19)11-14(15)20/h2-5,10-11H,6-9H2,1H3. The first-order chi connectivity index (χ1) is 12.3. The van der Waals surface area contributed by atoms with Crippen LogP contribution in [-0.2, 0) is 10.0 Å². The molecule has 1 heterocycles. The molecule has 5 nitrogen and oxygen atoms in total. The summed E-state index contributed by atoms with van der Waals surface area (Å²) in [5, 5.41) is 0.288. The number of halogens is 3. The first kappa shape index (κ1) is 18.9. The minimum atomic E-state index is -3.81. The van der Waals surface area contributed by atoms with Gasteiger partial charge in [0, 0.05) is 37.3 Å². The van der Waals surface area contributed by atoms with Crippen molar-refractivity contribution in [1.29, 1.82) is 0 Å². The highest BCUT2D eigenvalue weighted by Crippen LogP contribution is 2.31. The van der Waals surface area contributed by atoms with Crippen LogP contribution in [0.4, 0.5) is 14.5 Å². The van der Waals surface area contributed by atoms with Crippen molar-refractivity contribution in [2.75, 3.05) is 38.2 Å². The van der Waals surface area contributed by atoms with Crippen LogP contribution in [0, 0.1) is 11.6 Å². The van der Waals surface area contributed by atoms with Crippen LogP contribution < -0.4 is 9.64 Å². The lowest BCUT2D eigenvalue weighted by atomic mass is 10.2. The summed E-state index contributed by atoms with van der Waals surface area (Å²) < 4.78 is 59.3. The van der Waals surface area contributed by atoms with Crippen LogP contribution in [0.5, 0.6) is 5.75 Å². The first-order valence-corrected chi connectivity index (χ1v) is 9.68. The molecule has 1 fully saturated rings. The van der Waals surface area contributed by atoms with Gasteiger partial charge >= 0.3 is 0 Å². The van der Waals surface area contributed by atoms with E-state index in [9.17, 15) is 17.2 Å². The maximum Gasteiger partial charge on any atom is 0.246 e. The second kappa shape index (κ2) is 7.38. The van der Waals surface area contributed by atoms with Crippen molar-refractivity contribution in [1.82, 2.24) is 4.31 Å². The molecule has 0 radical (unpaired) electrons. The number of anilines is 1. The lowest BCUT2D eigenvalue weighted by Gasteiger charge is -2.35. The van der Waals surface area contributed by atoms with Crippen LogP contribution in [0.1, 0.15) is 0 Å². The van der Waals surface area contributed by atoms with Crippen molar-refractivity contribution in [3.05, 3.63) is 53.1 Å². The molecular weight excluding hydrogens is 386 g/mol. The number of methoxy groups -OCH3 is 1. The van der Waals surface area contributed by atoms with Gasteiger partial charge < -0.3 is 9.64 Å². The molecule has 1 saturated heterocycles. The highest BCUT2D eigenvalue weighted by Gasteiger charge is 2.31. The Morgan fingerprint density at radius 2 is 1.73 bits per heavy atom. The average molecular weight is 403 g/mol. The van der Waals surface area contributed by atoms with Gasteiger partial charge in [0.1, 0.15) is 22.3 Å². The van der Waals surface area contributed by atoms with E-state index in [1.54, 1.807) is 11.0 Å². The summed E-state index contributed by atoms with van der Waals surface area (Å²) >= 11 is 5.93. The van der Waals surface area contributed by atoms with Crippen LogP contribution in [-0.4, -0.2) is 46.0 Å². The Bertz CT molecular complexity index is 916. The molecule has 1 aliphatic rings. The highest BCUT2D eigenvalue weighted by atomic mass is 35.5. The Morgan fingerprint density at radius 3 is 2.35 bits per heavy atom. The van der Waals surface area contributed by atoms with E-state index < -0.39 is 21.7 Å². The van der Waals surface area contributed by atoms with E-state index in [1.165, 1.54) is 35.7 Å². The van der Waals surface area contributed by atoms with Crippen molar-refractivity contribution in [3.8, 4) is 5.75 Å². The third kappa shape index (κ3) is 3.62. The monoisotopic (exact) mass is 402 g/mol. The zero-order chi connectivity index (χ0) is 18.9. The molecule has 0 spiro atoms. The van der Waals surface area contributed by atoms with Crippen LogP contribution in [0.3, 0.4) is 0 Å². The fourth-order valence-corrected chi connectivity index (χ4v) is 4.74. The van der Waals surface area contributed by atoms with E-state index in [-0.39, 0.29) is 47.5 Å². The summed E-state index contributed by atoms with van der Waals surface area (Å²) in [6, 6.07) is 7.75. The van der Waals surface area contributed by atoms with Crippen LogP contribution >= 0.6 is 11.6 Å². The molecule has 0 amide bonds. The van der Waals surface area contributed by atoms with E-state index in [0.717, 1.165) is 6.07 Å². The maximum absolute atomic E-state index is 13.9. The van der Waals surface area contributed by atoms with Crippen LogP contribution in [0.25, 0.3) is 0 Å². The Morgan fingerprint density at radius 1 is 1.04 bits per heavy atom. The third-order valence-corrected chi connectivity index (χ3v) is 6.39. The Labute approximate surface area is 155 Å². The molecule has 0 saturated carbocycles. The van der Waals surface area contributed by atoms with Crippen molar-refractivity contribution in [2.45, 2.75) is 4.90 Å². The van der Waals surface area contributed by atoms with Gasteiger partial charge in [0.15, 0.2) is 0 Å². The van der Waals surface area contributed by atoms with Gasteiger partial charge in [-0.2, -0.15) is 4.31 Å². The van der Waals surface area contributed by atoms with E-state index in [1.807, 2.05) is 0 Å². The van der Waals surface area contributed by atoms with Gasteiger partial charge in [0.05, 0.1) is 12.8 Å². The molecule has 1 aliphatic heterocycles. The molecule has 0 aliphatic carbocycles. The number of benzene rings is 2. The van der Waals surface area contributed by atoms with Gasteiger partial charge in [-0.3, -0.25) is 0 Å². The molecule has 3 rings (SSSR count). The second-order valence-electron chi connectivity index (χ2n) is 5.78. The Hall–Kier alpha value is -1.90. The quantitative estimate of drug-likeness (QED) is 0.788. The van der Waals surface area contributed by atoms with E-state index in [0.29, 0.717) is 0 Å². The molecule has 2 aromatic carbocycles. The number of rotatable bonds is 4.